The number of aromatic nitrogens is 1. The number of anilines is 1. The molecule has 1 aromatic rings. The third kappa shape index (κ3) is 6.09. The van der Waals surface area contributed by atoms with Crippen molar-refractivity contribution in [1.82, 2.24) is 10.3 Å². The normalized spacial score (nSPS) is 15.8. The Labute approximate surface area is 131 Å². The van der Waals surface area contributed by atoms with Crippen molar-refractivity contribution in [3.63, 3.8) is 0 Å². The van der Waals surface area contributed by atoms with Gasteiger partial charge in [-0.2, -0.15) is 11.8 Å². The highest BCUT2D eigenvalue weighted by Crippen LogP contribution is 2.28. The second-order valence-electron chi connectivity index (χ2n) is 5.10. The van der Waals surface area contributed by atoms with Crippen molar-refractivity contribution in [2.45, 2.75) is 43.8 Å². The quantitative estimate of drug-likeness (QED) is 0.617. The average molecular weight is 310 g/mol. The first-order valence-corrected chi connectivity index (χ1v) is 8.87. The topological polar surface area (TPSA) is 37.0 Å². The summed E-state index contributed by atoms with van der Waals surface area (Å²) in [5, 5.41) is 8.01. The molecule has 0 spiro atoms. The Morgan fingerprint density at radius 3 is 2.75 bits per heavy atom. The van der Waals surface area contributed by atoms with E-state index >= 15 is 0 Å². The molecule has 0 aromatic carbocycles. The van der Waals surface area contributed by atoms with E-state index in [9.17, 15) is 0 Å². The molecule has 1 heterocycles. The molecule has 5 heteroatoms. The molecule has 2 N–H and O–H groups in total. The van der Waals surface area contributed by atoms with Crippen LogP contribution in [0.5, 0.6) is 0 Å². The second-order valence-corrected chi connectivity index (χ2v) is 6.92. The van der Waals surface area contributed by atoms with Gasteiger partial charge in [-0.3, -0.25) is 4.98 Å². The highest BCUT2D eigenvalue weighted by molar-refractivity contribution is 7.99. The molecule has 1 aromatic heterocycles. The molecule has 0 saturated heterocycles. The fourth-order valence-corrected chi connectivity index (χ4v) is 3.90. The van der Waals surface area contributed by atoms with E-state index in [1.165, 1.54) is 44.3 Å². The molecule has 110 valence electrons. The summed E-state index contributed by atoms with van der Waals surface area (Å²) in [6.45, 7) is 0.941. The average Bonchev–Trinajstić information content (AvgIpc) is 2.49. The van der Waals surface area contributed by atoms with E-state index in [4.69, 9.17) is 12.2 Å². The fourth-order valence-electron chi connectivity index (χ4n) is 2.37. The van der Waals surface area contributed by atoms with Gasteiger partial charge in [0.1, 0.15) is 0 Å². The van der Waals surface area contributed by atoms with Crippen LogP contribution in [0.4, 0.5) is 5.69 Å². The minimum atomic E-state index is 0.693. The van der Waals surface area contributed by atoms with Crippen LogP contribution in [0.3, 0.4) is 0 Å². The van der Waals surface area contributed by atoms with Crippen LogP contribution in [-0.4, -0.2) is 27.6 Å². The lowest BCUT2D eigenvalue weighted by Gasteiger charge is -2.20. The van der Waals surface area contributed by atoms with Crippen molar-refractivity contribution in [1.29, 1.82) is 0 Å². The summed E-state index contributed by atoms with van der Waals surface area (Å²) in [6.07, 6.45) is 11.8. The van der Waals surface area contributed by atoms with E-state index in [1.807, 2.05) is 12.1 Å². The molecule has 0 amide bonds. The number of thiocarbonyl (C=S) groups is 1. The molecule has 0 radical (unpaired) electrons. The lowest BCUT2D eigenvalue weighted by molar-refractivity contribution is 0.516. The minimum absolute atomic E-state index is 0.693. The molecule has 0 aliphatic heterocycles. The lowest BCUT2D eigenvalue weighted by atomic mass is 10.0. The lowest BCUT2D eigenvalue weighted by Crippen LogP contribution is -2.29. The maximum Gasteiger partial charge on any atom is 0.170 e. The fraction of sp³-hybridized carbons (Fsp3) is 0.600. The standard InChI is InChI=1S/C15H23N3S2/c19-15(18-13-7-10-16-11-8-13)17-9-4-12-20-14-5-2-1-3-6-14/h7-8,10-11,14H,1-6,9,12H2,(H2,16,17,18,19). The Morgan fingerprint density at radius 1 is 1.25 bits per heavy atom. The molecular weight excluding hydrogens is 286 g/mol. The van der Waals surface area contributed by atoms with Crippen molar-refractivity contribution >= 4 is 34.8 Å². The Kier molecular flexibility index (Phi) is 7.15. The van der Waals surface area contributed by atoms with E-state index in [0.29, 0.717) is 5.11 Å². The van der Waals surface area contributed by atoms with Crippen LogP contribution in [0.1, 0.15) is 38.5 Å². The zero-order valence-corrected chi connectivity index (χ0v) is 13.4. The number of rotatable bonds is 6. The second kappa shape index (κ2) is 9.19. The van der Waals surface area contributed by atoms with Crippen molar-refractivity contribution < 1.29 is 0 Å². The maximum absolute atomic E-state index is 5.26. The Morgan fingerprint density at radius 2 is 2.00 bits per heavy atom. The van der Waals surface area contributed by atoms with Crippen molar-refractivity contribution in [2.75, 3.05) is 17.6 Å². The summed E-state index contributed by atoms with van der Waals surface area (Å²) in [5.74, 6) is 1.23. The van der Waals surface area contributed by atoms with Gasteiger partial charge in [-0.25, -0.2) is 0 Å². The highest BCUT2D eigenvalue weighted by atomic mass is 32.2. The largest absolute Gasteiger partial charge is 0.362 e. The number of pyridine rings is 1. The zero-order chi connectivity index (χ0) is 14.0. The van der Waals surface area contributed by atoms with Crippen molar-refractivity contribution in [2.24, 2.45) is 0 Å². The summed E-state index contributed by atoms with van der Waals surface area (Å²) in [4.78, 5) is 3.98. The van der Waals surface area contributed by atoms with E-state index in [-0.39, 0.29) is 0 Å². The van der Waals surface area contributed by atoms with Gasteiger partial charge in [0, 0.05) is 29.9 Å². The number of hydrogen-bond acceptors (Lipinski definition) is 3. The van der Waals surface area contributed by atoms with Crippen LogP contribution >= 0.6 is 24.0 Å². The molecule has 1 aliphatic rings. The molecule has 1 fully saturated rings. The predicted molar refractivity (Wildman–Crippen MR) is 92.4 cm³/mol. The molecule has 20 heavy (non-hydrogen) atoms. The van der Waals surface area contributed by atoms with Crippen LogP contribution in [-0.2, 0) is 0 Å². The van der Waals surface area contributed by atoms with Crippen LogP contribution in [0.15, 0.2) is 24.5 Å². The molecule has 3 nitrogen and oxygen atoms in total. The number of nitrogens with zero attached hydrogens (tertiary/aromatic N) is 1. The number of hydrogen-bond donors (Lipinski definition) is 2. The first-order chi connectivity index (χ1) is 9.84. The molecule has 0 bridgehead atoms. The van der Waals surface area contributed by atoms with Gasteiger partial charge < -0.3 is 10.6 Å². The van der Waals surface area contributed by atoms with Gasteiger partial charge in [0.15, 0.2) is 5.11 Å². The van der Waals surface area contributed by atoms with E-state index in [1.54, 1.807) is 12.4 Å². The van der Waals surface area contributed by atoms with Gasteiger partial charge in [0.25, 0.3) is 0 Å². The monoisotopic (exact) mass is 309 g/mol. The predicted octanol–water partition coefficient (Wildman–Crippen LogP) is 3.82. The van der Waals surface area contributed by atoms with Crippen LogP contribution in [0.2, 0.25) is 0 Å². The minimum Gasteiger partial charge on any atom is -0.362 e. The van der Waals surface area contributed by atoms with E-state index in [0.717, 1.165) is 17.5 Å². The Bertz CT molecular complexity index is 391. The van der Waals surface area contributed by atoms with E-state index in [2.05, 4.69) is 27.4 Å². The Hall–Kier alpha value is -0.810. The zero-order valence-electron chi connectivity index (χ0n) is 11.8. The molecule has 0 atom stereocenters. The third-order valence-corrected chi connectivity index (χ3v) is 5.16. The third-order valence-electron chi connectivity index (χ3n) is 3.45. The molecule has 1 aliphatic carbocycles. The SMILES string of the molecule is S=C(NCCCSC1CCCCC1)Nc1ccncc1. The summed E-state index contributed by atoms with van der Waals surface area (Å²) >= 11 is 7.40. The van der Waals surface area contributed by atoms with Crippen molar-refractivity contribution in [3.05, 3.63) is 24.5 Å². The summed E-state index contributed by atoms with van der Waals surface area (Å²) in [7, 11) is 0. The molecule has 0 unspecified atom stereocenters. The Balaban J connectivity index is 1.51. The molecule has 2 rings (SSSR count). The molecular formula is C15H23N3S2. The highest BCUT2D eigenvalue weighted by Gasteiger charge is 2.12. The van der Waals surface area contributed by atoms with Crippen molar-refractivity contribution in [3.8, 4) is 0 Å². The van der Waals surface area contributed by atoms with Crippen LogP contribution in [0.25, 0.3) is 0 Å². The van der Waals surface area contributed by atoms with Crippen LogP contribution in [0, 0.1) is 0 Å². The van der Waals surface area contributed by atoms with Gasteiger partial charge in [0.05, 0.1) is 0 Å². The summed E-state index contributed by atoms with van der Waals surface area (Å²) in [5.41, 5.74) is 0.981. The van der Waals surface area contributed by atoms with Gasteiger partial charge in [-0.1, -0.05) is 19.3 Å². The summed E-state index contributed by atoms with van der Waals surface area (Å²) < 4.78 is 0. The number of thioether (sulfide) groups is 1. The number of nitrogens with one attached hydrogen (secondary N) is 2. The molecule has 1 saturated carbocycles. The maximum atomic E-state index is 5.26. The van der Waals surface area contributed by atoms with Gasteiger partial charge in [0.2, 0.25) is 0 Å². The smallest absolute Gasteiger partial charge is 0.170 e. The van der Waals surface area contributed by atoms with Gasteiger partial charge in [-0.15, -0.1) is 0 Å². The first-order valence-electron chi connectivity index (χ1n) is 7.41. The van der Waals surface area contributed by atoms with Crippen LogP contribution < -0.4 is 10.6 Å². The van der Waals surface area contributed by atoms with Gasteiger partial charge in [-0.05, 0) is 49.4 Å². The van der Waals surface area contributed by atoms with E-state index < -0.39 is 0 Å². The summed E-state index contributed by atoms with van der Waals surface area (Å²) in [6, 6.07) is 3.82. The van der Waals surface area contributed by atoms with Gasteiger partial charge >= 0.3 is 0 Å². The first kappa shape index (κ1) is 15.6.